The smallest absolute Gasteiger partial charge is 0.245 e. The molecule has 0 amide bonds. The van der Waals surface area contributed by atoms with Crippen LogP contribution in [-0.2, 0) is 0 Å². The van der Waals surface area contributed by atoms with Gasteiger partial charge in [0.1, 0.15) is 11.8 Å². The maximum absolute atomic E-state index is 5.52. The Labute approximate surface area is 165 Å². The van der Waals surface area contributed by atoms with Crippen molar-refractivity contribution in [2.45, 2.75) is 45.2 Å². The fourth-order valence-corrected chi connectivity index (χ4v) is 3.41. The van der Waals surface area contributed by atoms with E-state index < -0.39 is 0 Å². The van der Waals surface area contributed by atoms with Gasteiger partial charge in [0.15, 0.2) is 0 Å². The summed E-state index contributed by atoms with van der Waals surface area (Å²) in [5.41, 5.74) is 10.1. The molecule has 1 aliphatic heterocycles. The summed E-state index contributed by atoms with van der Waals surface area (Å²) in [6, 6.07) is 16.7. The first-order chi connectivity index (χ1) is 13.6. The lowest BCUT2D eigenvalue weighted by atomic mass is 9.97. The minimum atomic E-state index is -0.0151. The lowest BCUT2D eigenvalue weighted by Crippen LogP contribution is -2.26. The molecule has 2 aromatic carbocycles. The van der Waals surface area contributed by atoms with Crippen LogP contribution in [0.3, 0.4) is 0 Å². The molecule has 1 fully saturated rings. The molecule has 6 nitrogen and oxygen atoms in total. The molecule has 146 valence electrons. The molecule has 0 bridgehead atoms. The highest BCUT2D eigenvalue weighted by Crippen LogP contribution is 2.31. The molecule has 1 aliphatic rings. The SMILES string of the molecule is CCOc1ccc(-c2noc(C3CC(c4ccc(C(C)C)cc4)NN3)n2)cc1. The highest BCUT2D eigenvalue weighted by molar-refractivity contribution is 5.55. The van der Waals surface area contributed by atoms with E-state index in [0.717, 1.165) is 17.7 Å². The van der Waals surface area contributed by atoms with Gasteiger partial charge in [0.2, 0.25) is 11.7 Å². The van der Waals surface area contributed by atoms with E-state index in [2.05, 4.69) is 59.1 Å². The van der Waals surface area contributed by atoms with E-state index in [4.69, 9.17) is 9.26 Å². The topological polar surface area (TPSA) is 72.2 Å². The van der Waals surface area contributed by atoms with Gasteiger partial charge in [0, 0.05) is 11.6 Å². The Kier molecular flexibility index (Phi) is 5.41. The Morgan fingerprint density at radius 3 is 2.43 bits per heavy atom. The number of benzene rings is 2. The summed E-state index contributed by atoms with van der Waals surface area (Å²) in [4.78, 5) is 4.58. The maximum Gasteiger partial charge on any atom is 0.245 e. The fourth-order valence-electron chi connectivity index (χ4n) is 3.41. The van der Waals surface area contributed by atoms with Crippen molar-refractivity contribution < 1.29 is 9.26 Å². The molecular weight excluding hydrogens is 352 g/mol. The predicted molar refractivity (Wildman–Crippen MR) is 108 cm³/mol. The molecule has 28 heavy (non-hydrogen) atoms. The van der Waals surface area contributed by atoms with Crippen molar-refractivity contribution in [3.8, 4) is 17.1 Å². The molecule has 0 saturated carbocycles. The second-order valence-electron chi connectivity index (χ2n) is 7.36. The van der Waals surface area contributed by atoms with Crippen LogP contribution in [0.5, 0.6) is 5.75 Å². The maximum atomic E-state index is 5.52. The molecule has 2 N–H and O–H groups in total. The molecule has 0 aliphatic carbocycles. The first-order valence-electron chi connectivity index (χ1n) is 9.81. The summed E-state index contributed by atoms with van der Waals surface area (Å²) in [5, 5.41) is 4.14. The third kappa shape index (κ3) is 3.93. The quantitative estimate of drug-likeness (QED) is 0.656. The van der Waals surface area contributed by atoms with E-state index in [1.807, 2.05) is 31.2 Å². The molecule has 4 rings (SSSR count). The van der Waals surface area contributed by atoms with E-state index in [0.29, 0.717) is 24.2 Å². The number of nitrogens with zero attached hydrogens (tertiary/aromatic N) is 2. The van der Waals surface area contributed by atoms with Crippen molar-refractivity contribution in [2.75, 3.05) is 6.61 Å². The van der Waals surface area contributed by atoms with Gasteiger partial charge < -0.3 is 9.26 Å². The molecular formula is C22H26N4O2. The molecule has 2 heterocycles. The highest BCUT2D eigenvalue weighted by Gasteiger charge is 2.30. The van der Waals surface area contributed by atoms with Gasteiger partial charge in [-0.25, -0.2) is 10.9 Å². The average Bonchev–Trinajstić information content (AvgIpc) is 3.39. The predicted octanol–water partition coefficient (Wildman–Crippen LogP) is 4.54. The summed E-state index contributed by atoms with van der Waals surface area (Å²) >= 11 is 0. The van der Waals surface area contributed by atoms with Crippen LogP contribution in [-0.4, -0.2) is 16.7 Å². The third-order valence-electron chi connectivity index (χ3n) is 5.07. The van der Waals surface area contributed by atoms with Crippen molar-refractivity contribution in [1.82, 2.24) is 21.0 Å². The van der Waals surface area contributed by atoms with E-state index >= 15 is 0 Å². The Balaban J connectivity index is 1.43. The molecule has 2 atom stereocenters. The second kappa shape index (κ2) is 8.12. The molecule has 1 saturated heterocycles. The van der Waals surface area contributed by atoms with Crippen LogP contribution in [0.1, 0.15) is 62.2 Å². The lowest BCUT2D eigenvalue weighted by Gasteiger charge is -2.11. The molecule has 0 spiro atoms. The highest BCUT2D eigenvalue weighted by atomic mass is 16.5. The van der Waals surface area contributed by atoms with Crippen molar-refractivity contribution in [3.63, 3.8) is 0 Å². The van der Waals surface area contributed by atoms with Crippen molar-refractivity contribution in [3.05, 3.63) is 65.5 Å². The Morgan fingerprint density at radius 1 is 1.04 bits per heavy atom. The average molecular weight is 378 g/mol. The van der Waals surface area contributed by atoms with Crippen LogP contribution in [0, 0.1) is 0 Å². The summed E-state index contributed by atoms with van der Waals surface area (Å²) in [6.07, 6.45) is 0.853. The van der Waals surface area contributed by atoms with Crippen molar-refractivity contribution in [2.24, 2.45) is 0 Å². The van der Waals surface area contributed by atoms with Crippen LogP contribution in [0.4, 0.5) is 0 Å². The van der Waals surface area contributed by atoms with Gasteiger partial charge in [-0.05, 0) is 54.7 Å². The van der Waals surface area contributed by atoms with E-state index in [-0.39, 0.29) is 12.1 Å². The zero-order valence-electron chi connectivity index (χ0n) is 16.5. The number of rotatable bonds is 6. The number of hydrazine groups is 1. The minimum absolute atomic E-state index is 0.0151. The zero-order valence-corrected chi connectivity index (χ0v) is 16.5. The van der Waals surface area contributed by atoms with Gasteiger partial charge in [-0.2, -0.15) is 4.98 Å². The standard InChI is InChI=1S/C22H26N4O2/c1-4-27-18-11-9-17(10-12-18)21-23-22(28-26-21)20-13-19(24-25-20)16-7-5-15(6-8-16)14(2)3/h5-12,14,19-20,24-25H,4,13H2,1-3H3. The summed E-state index contributed by atoms with van der Waals surface area (Å²) in [6.45, 7) is 7.03. The zero-order chi connectivity index (χ0) is 19.5. The number of hydrogen-bond acceptors (Lipinski definition) is 6. The summed E-state index contributed by atoms with van der Waals surface area (Å²) in [7, 11) is 0. The van der Waals surface area contributed by atoms with Gasteiger partial charge in [0.05, 0.1) is 6.61 Å². The second-order valence-corrected chi connectivity index (χ2v) is 7.36. The van der Waals surface area contributed by atoms with Gasteiger partial charge >= 0.3 is 0 Å². The van der Waals surface area contributed by atoms with Crippen LogP contribution in [0.25, 0.3) is 11.4 Å². The van der Waals surface area contributed by atoms with E-state index in [1.165, 1.54) is 11.1 Å². The van der Waals surface area contributed by atoms with Crippen molar-refractivity contribution >= 4 is 0 Å². The fraction of sp³-hybridized carbons (Fsp3) is 0.364. The number of ether oxygens (including phenoxy) is 1. The van der Waals surface area contributed by atoms with Gasteiger partial charge in [0.25, 0.3) is 0 Å². The molecule has 2 unspecified atom stereocenters. The summed E-state index contributed by atoms with van der Waals surface area (Å²) in [5.74, 6) is 2.56. The Morgan fingerprint density at radius 2 is 1.75 bits per heavy atom. The van der Waals surface area contributed by atoms with Crippen LogP contribution >= 0.6 is 0 Å². The van der Waals surface area contributed by atoms with Gasteiger partial charge in [-0.3, -0.25) is 0 Å². The first kappa shape index (κ1) is 18.7. The van der Waals surface area contributed by atoms with E-state index in [1.54, 1.807) is 0 Å². The Hall–Kier alpha value is -2.70. The van der Waals surface area contributed by atoms with Crippen LogP contribution < -0.4 is 15.6 Å². The van der Waals surface area contributed by atoms with Gasteiger partial charge in [-0.15, -0.1) is 0 Å². The first-order valence-corrected chi connectivity index (χ1v) is 9.81. The van der Waals surface area contributed by atoms with Gasteiger partial charge in [-0.1, -0.05) is 43.3 Å². The van der Waals surface area contributed by atoms with Crippen molar-refractivity contribution in [1.29, 1.82) is 0 Å². The number of aromatic nitrogens is 2. The largest absolute Gasteiger partial charge is 0.494 e. The van der Waals surface area contributed by atoms with Crippen LogP contribution in [0.15, 0.2) is 53.1 Å². The third-order valence-corrected chi connectivity index (χ3v) is 5.07. The monoisotopic (exact) mass is 378 g/mol. The molecule has 3 aromatic rings. The molecule has 6 heteroatoms. The Bertz CT molecular complexity index is 903. The van der Waals surface area contributed by atoms with Crippen LogP contribution in [0.2, 0.25) is 0 Å². The number of nitrogens with one attached hydrogen (secondary N) is 2. The normalized spacial score (nSPS) is 19.3. The minimum Gasteiger partial charge on any atom is -0.494 e. The molecule has 0 radical (unpaired) electrons. The number of hydrogen-bond donors (Lipinski definition) is 2. The summed E-state index contributed by atoms with van der Waals surface area (Å²) < 4.78 is 11.0. The van der Waals surface area contributed by atoms with E-state index in [9.17, 15) is 0 Å². The molecule has 1 aromatic heterocycles. The lowest BCUT2D eigenvalue weighted by molar-refractivity contribution is 0.339.